The summed E-state index contributed by atoms with van der Waals surface area (Å²) in [5.74, 6) is 0.658. The number of methoxy groups -OCH3 is 1. The van der Waals surface area contributed by atoms with Gasteiger partial charge in [-0.1, -0.05) is 11.6 Å². The van der Waals surface area contributed by atoms with Gasteiger partial charge in [-0.2, -0.15) is 0 Å². The van der Waals surface area contributed by atoms with Crippen LogP contribution in [0.1, 0.15) is 21.6 Å². The van der Waals surface area contributed by atoms with Crippen molar-refractivity contribution in [3.05, 3.63) is 58.4 Å². The lowest BCUT2D eigenvalue weighted by molar-refractivity contribution is 0.0991. The number of aryl methyl sites for hydroxylation is 1. The fourth-order valence-corrected chi connectivity index (χ4v) is 1.99. The van der Waals surface area contributed by atoms with E-state index in [-0.39, 0.29) is 12.2 Å². The van der Waals surface area contributed by atoms with Crippen LogP contribution in [0.25, 0.3) is 0 Å². The molecule has 2 aromatic rings. The summed E-state index contributed by atoms with van der Waals surface area (Å²) in [6.45, 7) is 1.88. The highest BCUT2D eigenvalue weighted by molar-refractivity contribution is 6.30. The topological polar surface area (TPSA) is 39.2 Å². The average molecular weight is 276 g/mol. The van der Waals surface area contributed by atoms with Gasteiger partial charge in [-0.15, -0.1) is 0 Å². The highest BCUT2D eigenvalue weighted by Gasteiger charge is 2.11. The van der Waals surface area contributed by atoms with Crippen LogP contribution in [-0.4, -0.2) is 17.9 Å². The van der Waals surface area contributed by atoms with Gasteiger partial charge >= 0.3 is 0 Å². The van der Waals surface area contributed by atoms with Crippen LogP contribution in [0.4, 0.5) is 0 Å². The number of ether oxygens (including phenoxy) is 1. The molecule has 0 N–H and O–H groups in total. The molecule has 1 aromatic carbocycles. The molecular weight excluding hydrogens is 262 g/mol. The van der Waals surface area contributed by atoms with Gasteiger partial charge in [0, 0.05) is 34.5 Å². The monoisotopic (exact) mass is 275 g/mol. The van der Waals surface area contributed by atoms with Gasteiger partial charge in [0.2, 0.25) is 0 Å². The van der Waals surface area contributed by atoms with Crippen molar-refractivity contribution in [1.29, 1.82) is 0 Å². The molecule has 3 nitrogen and oxygen atoms in total. The maximum Gasteiger partial charge on any atom is 0.168 e. The van der Waals surface area contributed by atoms with Crippen LogP contribution >= 0.6 is 11.6 Å². The Morgan fingerprint density at radius 1 is 1.32 bits per heavy atom. The number of hydrogen-bond donors (Lipinski definition) is 0. The van der Waals surface area contributed by atoms with E-state index in [1.165, 1.54) is 0 Å². The minimum atomic E-state index is -0.00642. The minimum Gasteiger partial charge on any atom is -0.496 e. The van der Waals surface area contributed by atoms with Crippen molar-refractivity contribution in [2.75, 3.05) is 7.11 Å². The SMILES string of the molecule is COc1ccc(Cl)cc1CC(=O)c1ccc(C)nc1. The van der Waals surface area contributed by atoms with Gasteiger partial charge in [0.05, 0.1) is 7.11 Å². The van der Waals surface area contributed by atoms with Gasteiger partial charge < -0.3 is 4.74 Å². The molecule has 0 saturated heterocycles. The van der Waals surface area contributed by atoms with Gasteiger partial charge in [-0.05, 0) is 37.3 Å². The molecule has 2 rings (SSSR count). The van der Waals surface area contributed by atoms with E-state index >= 15 is 0 Å². The first-order valence-corrected chi connectivity index (χ1v) is 6.26. The van der Waals surface area contributed by atoms with Crippen LogP contribution < -0.4 is 4.74 Å². The molecule has 0 atom stereocenters. The first-order chi connectivity index (χ1) is 9.10. The van der Waals surface area contributed by atoms with E-state index in [2.05, 4.69) is 4.98 Å². The van der Waals surface area contributed by atoms with Gasteiger partial charge in [0.1, 0.15) is 5.75 Å². The summed E-state index contributed by atoms with van der Waals surface area (Å²) in [5.41, 5.74) is 2.25. The van der Waals surface area contributed by atoms with Crippen LogP contribution in [0.5, 0.6) is 5.75 Å². The fraction of sp³-hybridized carbons (Fsp3) is 0.200. The molecule has 4 heteroatoms. The summed E-state index contributed by atoms with van der Waals surface area (Å²) in [5, 5.41) is 0.589. The van der Waals surface area contributed by atoms with E-state index in [4.69, 9.17) is 16.3 Å². The number of rotatable bonds is 4. The molecular formula is C15H14ClNO2. The van der Waals surface area contributed by atoms with Gasteiger partial charge in [0.15, 0.2) is 5.78 Å². The highest BCUT2D eigenvalue weighted by atomic mass is 35.5. The van der Waals surface area contributed by atoms with Crippen LogP contribution in [0, 0.1) is 6.92 Å². The summed E-state index contributed by atoms with van der Waals surface area (Å²) in [4.78, 5) is 16.3. The fourth-order valence-electron chi connectivity index (χ4n) is 1.79. The average Bonchev–Trinajstić information content (AvgIpc) is 2.39. The van der Waals surface area contributed by atoms with Gasteiger partial charge in [-0.25, -0.2) is 0 Å². The quantitative estimate of drug-likeness (QED) is 0.802. The zero-order valence-electron chi connectivity index (χ0n) is 10.8. The van der Waals surface area contributed by atoms with Crippen LogP contribution in [0.2, 0.25) is 5.02 Å². The second-order valence-electron chi connectivity index (χ2n) is 4.24. The lowest BCUT2D eigenvalue weighted by Gasteiger charge is -2.08. The van der Waals surface area contributed by atoms with Crippen LogP contribution in [0.3, 0.4) is 0 Å². The molecule has 0 amide bonds. The van der Waals surface area contributed by atoms with Crippen molar-refractivity contribution < 1.29 is 9.53 Å². The number of benzene rings is 1. The largest absolute Gasteiger partial charge is 0.496 e. The smallest absolute Gasteiger partial charge is 0.168 e. The first-order valence-electron chi connectivity index (χ1n) is 5.88. The van der Waals surface area contributed by atoms with E-state index in [1.807, 2.05) is 13.0 Å². The van der Waals surface area contributed by atoms with E-state index in [1.54, 1.807) is 37.6 Å². The lowest BCUT2D eigenvalue weighted by atomic mass is 10.0. The second-order valence-corrected chi connectivity index (χ2v) is 4.68. The minimum absolute atomic E-state index is 0.00642. The van der Waals surface area contributed by atoms with Gasteiger partial charge in [0.25, 0.3) is 0 Å². The number of halogens is 1. The number of aromatic nitrogens is 1. The number of pyridine rings is 1. The van der Waals surface area contributed by atoms with Crippen molar-refractivity contribution in [2.24, 2.45) is 0 Å². The molecule has 98 valence electrons. The highest BCUT2D eigenvalue weighted by Crippen LogP contribution is 2.24. The summed E-state index contributed by atoms with van der Waals surface area (Å²) in [6.07, 6.45) is 1.84. The van der Waals surface area contributed by atoms with E-state index in [0.29, 0.717) is 16.3 Å². The zero-order valence-corrected chi connectivity index (χ0v) is 11.6. The molecule has 0 saturated carbocycles. The van der Waals surface area contributed by atoms with E-state index in [9.17, 15) is 4.79 Å². The van der Waals surface area contributed by atoms with Crippen LogP contribution in [-0.2, 0) is 6.42 Å². The first kappa shape index (κ1) is 13.6. The summed E-state index contributed by atoms with van der Waals surface area (Å²) in [7, 11) is 1.57. The number of Topliss-reactive ketones (excluding diaryl/α,β-unsaturated/α-hetero) is 1. The predicted molar refractivity (Wildman–Crippen MR) is 75.0 cm³/mol. The number of carbonyl (C=O) groups is 1. The molecule has 1 heterocycles. The Labute approximate surface area is 117 Å². The third-order valence-corrected chi connectivity index (χ3v) is 3.06. The Bertz CT molecular complexity index is 594. The normalized spacial score (nSPS) is 10.3. The van der Waals surface area contributed by atoms with Crippen molar-refractivity contribution in [1.82, 2.24) is 4.98 Å². The third kappa shape index (κ3) is 3.32. The molecule has 0 spiro atoms. The molecule has 19 heavy (non-hydrogen) atoms. The van der Waals surface area contributed by atoms with E-state index < -0.39 is 0 Å². The Morgan fingerprint density at radius 3 is 2.74 bits per heavy atom. The maximum atomic E-state index is 12.2. The van der Waals surface area contributed by atoms with Gasteiger partial charge in [-0.3, -0.25) is 9.78 Å². The number of carbonyl (C=O) groups excluding carboxylic acids is 1. The summed E-state index contributed by atoms with van der Waals surface area (Å²) >= 11 is 5.94. The van der Waals surface area contributed by atoms with Crippen molar-refractivity contribution >= 4 is 17.4 Å². The lowest BCUT2D eigenvalue weighted by Crippen LogP contribution is -2.05. The van der Waals surface area contributed by atoms with Crippen molar-refractivity contribution in [2.45, 2.75) is 13.3 Å². The Hall–Kier alpha value is -1.87. The molecule has 0 unspecified atom stereocenters. The van der Waals surface area contributed by atoms with Crippen molar-refractivity contribution in [3.8, 4) is 5.75 Å². The van der Waals surface area contributed by atoms with E-state index in [0.717, 1.165) is 11.3 Å². The Balaban J connectivity index is 2.23. The van der Waals surface area contributed by atoms with Crippen molar-refractivity contribution in [3.63, 3.8) is 0 Å². The summed E-state index contributed by atoms with van der Waals surface area (Å²) in [6, 6.07) is 8.85. The third-order valence-electron chi connectivity index (χ3n) is 2.83. The Kier molecular flexibility index (Phi) is 4.17. The molecule has 0 fully saturated rings. The molecule has 0 bridgehead atoms. The van der Waals surface area contributed by atoms with Crippen LogP contribution in [0.15, 0.2) is 36.5 Å². The predicted octanol–water partition coefficient (Wildman–Crippen LogP) is 3.48. The number of ketones is 1. The molecule has 0 aliphatic rings. The molecule has 0 radical (unpaired) electrons. The second kappa shape index (κ2) is 5.85. The molecule has 0 aliphatic carbocycles. The summed E-state index contributed by atoms with van der Waals surface area (Å²) < 4.78 is 5.23. The Morgan fingerprint density at radius 2 is 2.11 bits per heavy atom. The zero-order chi connectivity index (χ0) is 13.8. The number of hydrogen-bond acceptors (Lipinski definition) is 3. The molecule has 0 aliphatic heterocycles. The standard InChI is InChI=1S/C15H14ClNO2/c1-10-3-4-11(9-17-10)14(18)8-12-7-13(16)5-6-15(12)19-2/h3-7,9H,8H2,1-2H3. The molecule has 1 aromatic heterocycles. The number of nitrogens with zero attached hydrogens (tertiary/aromatic N) is 1. The maximum absolute atomic E-state index is 12.2.